The predicted molar refractivity (Wildman–Crippen MR) is 68.8 cm³/mol. The summed E-state index contributed by atoms with van der Waals surface area (Å²) >= 11 is 0. The van der Waals surface area contributed by atoms with Crippen LogP contribution in [0.4, 0.5) is 10.1 Å². The fourth-order valence-electron chi connectivity index (χ4n) is 2.54. The maximum atomic E-state index is 13.8. The second kappa shape index (κ2) is 4.44. The molecule has 0 fully saturated rings. The topological polar surface area (TPSA) is 43.8 Å². The van der Waals surface area contributed by atoms with Crippen LogP contribution < -0.4 is 5.73 Å². The highest BCUT2D eigenvalue weighted by Gasteiger charge is 2.15. The van der Waals surface area contributed by atoms with Crippen LogP contribution in [0.5, 0.6) is 0 Å². The number of benzene rings is 1. The van der Waals surface area contributed by atoms with E-state index in [1.807, 2.05) is 6.33 Å². The molecule has 0 bridgehead atoms. The summed E-state index contributed by atoms with van der Waals surface area (Å²) in [7, 11) is 0. The molecule has 0 aliphatic heterocycles. The van der Waals surface area contributed by atoms with Crippen LogP contribution in [0.25, 0.3) is 0 Å². The van der Waals surface area contributed by atoms with Gasteiger partial charge in [-0.15, -0.1) is 0 Å². The number of halogens is 1. The van der Waals surface area contributed by atoms with Crippen LogP contribution in [0.1, 0.15) is 29.8 Å². The van der Waals surface area contributed by atoms with Crippen molar-refractivity contribution in [2.75, 3.05) is 5.73 Å². The van der Waals surface area contributed by atoms with Gasteiger partial charge in [0, 0.05) is 16.9 Å². The van der Waals surface area contributed by atoms with Gasteiger partial charge in [0.1, 0.15) is 5.82 Å². The Morgan fingerprint density at radius 2 is 2.11 bits per heavy atom. The van der Waals surface area contributed by atoms with Crippen molar-refractivity contribution in [2.45, 2.75) is 32.2 Å². The maximum absolute atomic E-state index is 13.8. The van der Waals surface area contributed by atoms with Crippen LogP contribution in [0, 0.1) is 5.82 Å². The average molecular weight is 245 g/mol. The van der Waals surface area contributed by atoms with Gasteiger partial charge in [-0.2, -0.15) is 0 Å². The Morgan fingerprint density at radius 3 is 2.94 bits per heavy atom. The number of hydrogen-bond donors (Lipinski definition) is 1. The summed E-state index contributed by atoms with van der Waals surface area (Å²) in [6.45, 7) is 0.536. The number of nitrogens with two attached hydrogens (primary N) is 1. The lowest BCUT2D eigenvalue weighted by Gasteiger charge is -2.14. The smallest absolute Gasteiger partial charge is 0.130 e. The minimum atomic E-state index is -0.242. The lowest BCUT2D eigenvalue weighted by molar-refractivity contribution is 0.586. The SMILES string of the molecule is Nc1ccc(Cn2cnc3c2CCCC3)c(F)c1. The summed E-state index contributed by atoms with van der Waals surface area (Å²) in [6, 6.07) is 4.86. The zero-order valence-corrected chi connectivity index (χ0v) is 10.2. The molecule has 1 heterocycles. The molecule has 94 valence electrons. The van der Waals surface area contributed by atoms with Crippen molar-refractivity contribution in [3.05, 3.63) is 47.3 Å². The third-order valence-electron chi connectivity index (χ3n) is 3.53. The molecule has 18 heavy (non-hydrogen) atoms. The van der Waals surface area contributed by atoms with E-state index in [1.165, 1.54) is 30.3 Å². The van der Waals surface area contributed by atoms with E-state index in [2.05, 4.69) is 9.55 Å². The summed E-state index contributed by atoms with van der Waals surface area (Å²) in [5.41, 5.74) is 9.12. The van der Waals surface area contributed by atoms with Crippen molar-refractivity contribution in [3.63, 3.8) is 0 Å². The lowest BCUT2D eigenvalue weighted by Crippen LogP contribution is -2.09. The number of imidazole rings is 1. The molecule has 0 radical (unpaired) electrons. The molecule has 0 atom stereocenters. The Labute approximate surface area is 105 Å². The van der Waals surface area contributed by atoms with Crippen LogP contribution in [0.15, 0.2) is 24.5 Å². The average Bonchev–Trinajstić information content (AvgIpc) is 2.76. The Bertz CT molecular complexity index is 574. The summed E-state index contributed by atoms with van der Waals surface area (Å²) < 4.78 is 15.8. The first kappa shape index (κ1) is 11.3. The number of hydrogen-bond acceptors (Lipinski definition) is 2. The Kier molecular flexibility index (Phi) is 2.78. The minimum absolute atomic E-state index is 0.242. The number of nitrogen functional groups attached to an aromatic ring is 1. The van der Waals surface area contributed by atoms with E-state index in [1.54, 1.807) is 12.1 Å². The molecule has 1 aromatic heterocycles. The highest BCUT2D eigenvalue weighted by Crippen LogP contribution is 2.21. The summed E-state index contributed by atoms with van der Waals surface area (Å²) in [5, 5.41) is 0. The monoisotopic (exact) mass is 245 g/mol. The van der Waals surface area contributed by atoms with Crippen molar-refractivity contribution in [1.29, 1.82) is 0 Å². The third kappa shape index (κ3) is 1.98. The molecule has 0 saturated heterocycles. The standard InChI is InChI=1S/C14H16FN3/c15-12-7-11(16)6-5-10(12)8-18-9-17-13-3-1-2-4-14(13)18/h5-7,9H,1-4,8,16H2. The van der Waals surface area contributed by atoms with Gasteiger partial charge >= 0.3 is 0 Å². The van der Waals surface area contributed by atoms with Gasteiger partial charge in [0.05, 0.1) is 18.6 Å². The fraction of sp³-hybridized carbons (Fsp3) is 0.357. The van der Waals surface area contributed by atoms with Crippen molar-refractivity contribution < 1.29 is 4.39 Å². The zero-order chi connectivity index (χ0) is 12.5. The summed E-state index contributed by atoms with van der Waals surface area (Å²) in [6.07, 6.45) is 6.33. The van der Waals surface area contributed by atoms with E-state index in [9.17, 15) is 4.39 Å². The zero-order valence-electron chi connectivity index (χ0n) is 10.2. The van der Waals surface area contributed by atoms with E-state index in [0.29, 0.717) is 17.8 Å². The lowest BCUT2D eigenvalue weighted by atomic mass is 10.0. The summed E-state index contributed by atoms with van der Waals surface area (Å²) in [5.74, 6) is -0.242. The second-order valence-electron chi connectivity index (χ2n) is 4.82. The van der Waals surface area contributed by atoms with E-state index in [0.717, 1.165) is 12.8 Å². The Hall–Kier alpha value is -1.84. The first-order valence-electron chi connectivity index (χ1n) is 6.31. The van der Waals surface area contributed by atoms with E-state index in [-0.39, 0.29) is 5.82 Å². The Balaban J connectivity index is 1.90. The molecular weight excluding hydrogens is 229 g/mol. The predicted octanol–water partition coefficient (Wildman–Crippen LogP) is 2.53. The number of anilines is 1. The number of aryl methyl sites for hydroxylation is 1. The maximum Gasteiger partial charge on any atom is 0.130 e. The first-order valence-corrected chi connectivity index (χ1v) is 6.31. The molecule has 1 aliphatic rings. The van der Waals surface area contributed by atoms with E-state index < -0.39 is 0 Å². The van der Waals surface area contributed by atoms with Crippen LogP contribution in [0.3, 0.4) is 0 Å². The van der Waals surface area contributed by atoms with Gasteiger partial charge in [-0.3, -0.25) is 0 Å². The van der Waals surface area contributed by atoms with Crippen molar-refractivity contribution in [3.8, 4) is 0 Å². The number of fused-ring (bicyclic) bond motifs is 1. The largest absolute Gasteiger partial charge is 0.399 e. The molecule has 1 aromatic carbocycles. The minimum Gasteiger partial charge on any atom is -0.399 e. The van der Waals surface area contributed by atoms with Crippen LogP contribution in [-0.2, 0) is 19.4 Å². The van der Waals surface area contributed by atoms with Gasteiger partial charge in [-0.1, -0.05) is 6.07 Å². The van der Waals surface area contributed by atoms with Crippen LogP contribution in [-0.4, -0.2) is 9.55 Å². The molecule has 1 aliphatic carbocycles. The van der Waals surface area contributed by atoms with E-state index in [4.69, 9.17) is 5.73 Å². The highest BCUT2D eigenvalue weighted by molar-refractivity contribution is 5.40. The second-order valence-corrected chi connectivity index (χ2v) is 4.82. The first-order chi connectivity index (χ1) is 8.74. The molecular formula is C14H16FN3. The molecule has 3 nitrogen and oxygen atoms in total. The van der Waals surface area contributed by atoms with Gasteiger partial charge < -0.3 is 10.3 Å². The molecule has 2 aromatic rings. The van der Waals surface area contributed by atoms with Gasteiger partial charge in [-0.05, 0) is 37.8 Å². The highest BCUT2D eigenvalue weighted by atomic mass is 19.1. The van der Waals surface area contributed by atoms with Crippen LogP contribution in [0.2, 0.25) is 0 Å². The van der Waals surface area contributed by atoms with Gasteiger partial charge in [0.2, 0.25) is 0 Å². The molecule has 0 amide bonds. The van der Waals surface area contributed by atoms with Crippen molar-refractivity contribution >= 4 is 5.69 Å². The Morgan fingerprint density at radius 1 is 1.28 bits per heavy atom. The number of nitrogens with zero attached hydrogens (tertiary/aromatic N) is 2. The molecule has 0 unspecified atom stereocenters. The molecule has 4 heteroatoms. The summed E-state index contributed by atoms with van der Waals surface area (Å²) in [4.78, 5) is 4.42. The van der Waals surface area contributed by atoms with Gasteiger partial charge in [0.15, 0.2) is 0 Å². The normalized spacial score (nSPS) is 14.5. The van der Waals surface area contributed by atoms with Crippen molar-refractivity contribution in [2.24, 2.45) is 0 Å². The third-order valence-corrected chi connectivity index (χ3v) is 3.53. The van der Waals surface area contributed by atoms with Crippen molar-refractivity contribution in [1.82, 2.24) is 9.55 Å². The molecule has 2 N–H and O–H groups in total. The number of aromatic nitrogens is 2. The van der Waals surface area contributed by atoms with E-state index >= 15 is 0 Å². The molecule has 0 spiro atoms. The molecule has 0 saturated carbocycles. The van der Waals surface area contributed by atoms with Crippen LogP contribution >= 0.6 is 0 Å². The quantitative estimate of drug-likeness (QED) is 0.826. The van der Waals surface area contributed by atoms with Gasteiger partial charge in [0.25, 0.3) is 0 Å². The molecule has 3 rings (SSSR count). The number of rotatable bonds is 2. The fourth-order valence-corrected chi connectivity index (χ4v) is 2.54. The van der Waals surface area contributed by atoms with Gasteiger partial charge in [-0.25, -0.2) is 9.37 Å².